The van der Waals surface area contributed by atoms with Crippen molar-refractivity contribution in [3.8, 4) is 0 Å². The second-order valence-electron chi connectivity index (χ2n) is 9.71. The molecule has 0 unspecified atom stereocenters. The van der Waals surface area contributed by atoms with Gasteiger partial charge in [0.2, 0.25) is 5.91 Å². The number of anilines is 1. The van der Waals surface area contributed by atoms with Crippen LogP contribution in [0.15, 0.2) is 66.7 Å². The Kier molecular flexibility index (Phi) is 6.51. The van der Waals surface area contributed by atoms with Gasteiger partial charge in [0.05, 0.1) is 11.2 Å². The maximum Gasteiger partial charge on any atom is 0.228 e. The quantitative estimate of drug-likeness (QED) is 0.331. The number of nitrogens with one attached hydrogen (secondary N) is 2. The van der Waals surface area contributed by atoms with Gasteiger partial charge in [-0.25, -0.2) is 0 Å². The number of nitrogens with zero attached hydrogens (tertiary/aromatic N) is 2. The van der Waals surface area contributed by atoms with E-state index in [-0.39, 0.29) is 17.7 Å². The molecule has 1 saturated carbocycles. The Bertz CT molecular complexity index is 1350. The lowest BCUT2D eigenvalue weighted by Crippen LogP contribution is -2.14. The topological polar surface area (TPSA) is 61.0 Å². The van der Waals surface area contributed by atoms with Crippen LogP contribution in [-0.4, -0.2) is 35.1 Å². The number of amides is 1. The second-order valence-corrected chi connectivity index (χ2v) is 9.71. The lowest BCUT2D eigenvalue weighted by Gasteiger charge is -2.09. The number of aryl methyl sites for hydroxylation is 1. The zero-order valence-electron chi connectivity index (χ0n) is 20.6. The van der Waals surface area contributed by atoms with Gasteiger partial charge in [-0.3, -0.25) is 9.89 Å². The van der Waals surface area contributed by atoms with Crippen LogP contribution in [0.25, 0.3) is 23.1 Å². The van der Waals surface area contributed by atoms with Crippen molar-refractivity contribution in [2.24, 2.45) is 5.92 Å². The van der Waals surface area contributed by atoms with Gasteiger partial charge in [0.25, 0.3) is 0 Å². The summed E-state index contributed by atoms with van der Waals surface area (Å²) in [6, 6.07) is 23.1. The largest absolute Gasteiger partial charge is 0.326 e. The van der Waals surface area contributed by atoms with Gasteiger partial charge in [-0.1, -0.05) is 61.5 Å². The first-order valence-corrected chi connectivity index (χ1v) is 12.3. The van der Waals surface area contributed by atoms with Crippen LogP contribution < -0.4 is 5.32 Å². The molecule has 1 amide bonds. The number of carbonyl (C=O) groups is 1. The molecule has 0 aliphatic heterocycles. The van der Waals surface area contributed by atoms with Gasteiger partial charge in [-0.15, -0.1) is 0 Å². The molecule has 1 fully saturated rings. The number of hydrogen-bond donors (Lipinski definition) is 2. The van der Waals surface area contributed by atoms with Crippen LogP contribution in [-0.2, 0) is 17.8 Å². The molecule has 5 rings (SSSR count). The molecule has 3 aromatic carbocycles. The highest BCUT2D eigenvalue weighted by Gasteiger charge is 2.44. The van der Waals surface area contributed by atoms with E-state index >= 15 is 0 Å². The summed E-state index contributed by atoms with van der Waals surface area (Å²) < 4.78 is 0. The van der Waals surface area contributed by atoms with E-state index in [1.54, 1.807) is 0 Å². The fraction of sp³-hybridized carbons (Fsp3) is 0.267. The SMILES string of the molecule is CCc1ccc(NC(=O)[C@@H]2C[C@H]2c2ccc3c(/C=C/c4ccc(CN(C)C)cc4)n[nH]c3c2)cc1. The van der Waals surface area contributed by atoms with E-state index in [2.05, 4.69) is 108 Å². The van der Waals surface area contributed by atoms with Crippen molar-refractivity contribution in [1.82, 2.24) is 15.1 Å². The number of carbonyl (C=O) groups excluding carboxylic acids is 1. The summed E-state index contributed by atoms with van der Waals surface area (Å²) in [5.41, 5.74) is 7.70. The van der Waals surface area contributed by atoms with Crippen molar-refractivity contribution in [2.75, 3.05) is 19.4 Å². The molecule has 5 nitrogen and oxygen atoms in total. The third-order valence-electron chi connectivity index (χ3n) is 6.71. The van der Waals surface area contributed by atoms with E-state index < -0.39 is 0 Å². The molecule has 4 aromatic rings. The predicted molar refractivity (Wildman–Crippen MR) is 144 cm³/mol. The maximum atomic E-state index is 12.7. The molecule has 35 heavy (non-hydrogen) atoms. The van der Waals surface area contributed by atoms with Crippen LogP contribution in [0.2, 0.25) is 0 Å². The van der Waals surface area contributed by atoms with E-state index in [4.69, 9.17) is 0 Å². The number of aromatic amines is 1. The third kappa shape index (κ3) is 5.36. The number of fused-ring (bicyclic) bond motifs is 1. The lowest BCUT2D eigenvalue weighted by molar-refractivity contribution is -0.117. The number of hydrogen-bond acceptors (Lipinski definition) is 3. The van der Waals surface area contributed by atoms with Crippen molar-refractivity contribution in [2.45, 2.75) is 32.2 Å². The van der Waals surface area contributed by atoms with Gasteiger partial charge in [0.15, 0.2) is 0 Å². The molecule has 2 atom stereocenters. The molecule has 1 heterocycles. The zero-order valence-corrected chi connectivity index (χ0v) is 20.6. The summed E-state index contributed by atoms with van der Waals surface area (Å²) in [6.07, 6.45) is 6.03. The van der Waals surface area contributed by atoms with Crippen LogP contribution in [0.1, 0.15) is 47.2 Å². The molecule has 0 spiro atoms. The van der Waals surface area contributed by atoms with Crippen molar-refractivity contribution >= 4 is 34.6 Å². The molecule has 0 saturated heterocycles. The first kappa shape index (κ1) is 23.1. The van der Waals surface area contributed by atoms with E-state index in [0.29, 0.717) is 0 Å². The van der Waals surface area contributed by atoms with E-state index in [1.807, 2.05) is 12.1 Å². The van der Waals surface area contributed by atoms with Crippen molar-refractivity contribution in [3.63, 3.8) is 0 Å². The number of rotatable bonds is 8. The molecule has 5 heteroatoms. The van der Waals surface area contributed by atoms with Crippen LogP contribution in [0, 0.1) is 5.92 Å². The van der Waals surface area contributed by atoms with Crippen LogP contribution in [0.5, 0.6) is 0 Å². The predicted octanol–water partition coefficient (Wildman–Crippen LogP) is 6.10. The van der Waals surface area contributed by atoms with Crippen molar-refractivity contribution in [3.05, 3.63) is 94.7 Å². The summed E-state index contributed by atoms with van der Waals surface area (Å²) in [4.78, 5) is 14.9. The Morgan fingerprint density at radius 3 is 2.49 bits per heavy atom. The average Bonchev–Trinajstić information content (AvgIpc) is 3.57. The lowest BCUT2D eigenvalue weighted by atomic mass is 10.1. The van der Waals surface area contributed by atoms with E-state index in [1.165, 1.54) is 16.7 Å². The van der Waals surface area contributed by atoms with Gasteiger partial charge in [0, 0.05) is 23.5 Å². The van der Waals surface area contributed by atoms with Crippen LogP contribution >= 0.6 is 0 Å². The van der Waals surface area contributed by atoms with Crippen LogP contribution in [0.3, 0.4) is 0 Å². The molecule has 0 bridgehead atoms. The minimum absolute atomic E-state index is 0.0241. The van der Waals surface area contributed by atoms with E-state index in [9.17, 15) is 4.79 Å². The molecular weight excluding hydrogens is 432 g/mol. The normalized spacial score (nSPS) is 17.4. The Morgan fingerprint density at radius 2 is 1.77 bits per heavy atom. The minimum Gasteiger partial charge on any atom is -0.326 e. The second kappa shape index (κ2) is 9.88. The highest BCUT2D eigenvalue weighted by atomic mass is 16.2. The average molecular weight is 465 g/mol. The summed E-state index contributed by atoms with van der Waals surface area (Å²) in [6.45, 7) is 3.06. The molecular formula is C30H32N4O. The highest BCUT2D eigenvalue weighted by molar-refractivity contribution is 5.96. The van der Waals surface area contributed by atoms with Crippen molar-refractivity contribution in [1.29, 1.82) is 0 Å². The number of benzene rings is 3. The first-order valence-electron chi connectivity index (χ1n) is 12.3. The Hall–Kier alpha value is -3.70. The summed E-state index contributed by atoms with van der Waals surface area (Å²) in [5.74, 6) is 0.387. The highest BCUT2D eigenvalue weighted by Crippen LogP contribution is 2.48. The zero-order chi connectivity index (χ0) is 24.4. The fourth-order valence-electron chi connectivity index (χ4n) is 4.60. The monoisotopic (exact) mass is 464 g/mol. The molecule has 1 aliphatic carbocycles. The third-order valence-corrected chi connectivity index (χ3v) is 6.71. The van der Waals surface area contributed by atoms with Gasteiger partial charge >= 0.3 is 0 Å². The Balaban J connectivity index is 1.23. The number of H-pyrrole nitrogens is 1. The smallest absolute Gasteiger partial charge is 0.228 e. The summed E-state index contributed by atoms with van der Waals surface area (Å²) >= 11 is 0. The van der Waals surface area contributed by atoms with Gasteiger partial charge in [-0.05, 0) is 79.4 Å². The standard InChI is InChI=1S/C30H32N4O/c1-4-20-9-13-24(14-10-20)31-30(35)27-18-26(27)23-12-15-25-28(32-33-29(25)17-23)16-11-21-5-7-22(8-6-21)19-34(2)3/h5-17,26-27H,4,18-19H2,1-3H3,(H,31,35)(H,32,33)/b16-11+/t26-,27+/m0/s1. The molecule has 178 valence electrons. The fourth-order valence-corrected chi connectivity index (χ4v) is 4.60. The Labute approximate surface area is 206 Å². The maximum absolute atomic E-state index is 12.7. The van der Waals surface area contributed by atoms with Gasteiger partial charge in [-0.2, -0.15) is 5.10 Å². The molecule has 2 N–H and O–H groups in total. The summed E-state index contributed by atoms with van der Waals surface area (Å²) in [7, 11) is 4.15. The molecule has 1 aliphatic rings. The first-order chi connectivity index (χ1) is 17.0. The molecule has 0 radical (unpaired) electrons. The van der Waals surface area contributed by atoms with Gasteiger partial charge < -0.3 is 10.2 Å². The van der Waals surface area contributed by atoms with Gasteiger partial charge in [0.1, 0.15) is 0 Å². The van der Waals surface area contributed by atoms with Crippen molar-refractivity contribution < 1.29 is 4.79 Å². The minimum atomic E-state index is 0.0241. The van der Waals surface area contributed by atoms with E-state index in [0.717, 1.165) is 47.2 Å². The molecule has 1 aromatic heterocycles. The summed E-state index contributed by atoms with van der Waals surface area (Å²) in [5, 5.41) is 11.8. The Morgan fingerprint density at radius 1 is 1.03 bits per heavy atom. The van der Waals surface area contributed by atoms with Crippen LogP contribution in [0.4, 0.5) is 5.69 Å². The number of aromatic nitrogens is 2.